The molecule has 1 heteroatoms. The lowest BCUT2D eigenvalue weighted by molar-refractivity contribution is 0.417. The van der Waals surface area contributed by atoms with Crippen molar-refractivity contribution >= 4 is 0 Å². The van der Waals surface area contributed by atoms with Gasteiger partial charge in [0.2, 0.25) is 0 Å². The van der Waals surface area contributed by atoms with Crippen LogP contribution in [0.4, 0.5) is 0 Å². The van der Waals surface area contributed by atoms with Crippen molar-refractivity contribution in [3.05, 3.63) is 35.9 Å². The minimum atomic E-state index is 0.417. The lowest BCUT2D eigenvalue weighted by Gasteiger charge is -2.19. The molecule has 0 saturated heterocycles. The fourth-order valence-corrected chi connectivity index (χ4v) is 3.71. The summed E-state index contributed by atoms with van der Waals surface area (Å²) in [7, 11) is 0. The molecule has 1 aromatic carbocycles. The van der Waals surface area contributed by atoms with E-state index in [1.54, 1.807) is 0 Å². The topological polar surface area (TPSA) is 26.0 Å². The van der Waals surface area contributed by atoms with Crippen molar-refractivity contribution in [1.29, 1.82) is 0 Å². The lowest BCUT2D eigenvalue weighted by Crippen LogP contribution is -2.30. The second-order valence-corrected chi connectivity index (χ2v) is 5.19. The van der Waals surface area contributed by atoms with Crippen LogP contribution in [0.15, 0.2) is 30.3 Å². The Labute approximate surface area is 91.7 Å². The maximum absolute atomic E-state index is 6.40. The average Bonchev–Trinajstić information content (AvgIpc) is 2.83. The third-order valence-electron chi connectivity index (χ3n) is 4.46. The van der Waals surface area contributed by atoms with E-state index in [0.717, 1.165) is 11.8 Å². The van der Waals surface area contributed by atoms with Crippen LogP contribution in [-0.4, -0.2) is 6.04 Å². The van der Waals surface area contributed by atoms with Crippen LogP contribution in [0.25, 0.3) is 0 Å². The van der Waals surface area contributed by atoms with Crippen LogP contribution in [0.3, 0.4) is 0 Å². The fourth-order valence-electron chi connectivity index (χ4n) is 3.71. The molecule has 2 aliphatic rings. The summed E-state index contributed by atoms with van der Waals surface area (Å²) in [6, 6.07) is 11.3. The Morgan fingerprint density at radius 3 is 2.60 bits per heavy atom. The minimum Gasteiger partial charge on any atom is -0.327 e. The molecule has 15 heavy (non-hydrogen) atoms. The van der Waals surface area contributed by atoms with Gasteiger partial charge in [-0.1, -0.05) is 43.2 Å². The van der Waals surface area contributed by atoms with E-state index >= 15 is 0 Å². The predicted octanol–water partition coefficient (Wildman–Crippen LogP) is 2.92. The Morgan fingerprint density at radius 2 is 1.87 bits per heavy atom. The van der Waals surface area contributed by atoms with E-state index in [0.29, 0.717) is 12.0 Å². The van der Waals surface area contributed by atoms with Gasteiger partial charge in [-0.15, -0.1) is 0 Å². The highest BCUT2D eigenvalue weighted by atomic mass is 14.7. The van der Waals surface area contributed by atoms with Crippen LogP contribution >= 0.6 is 0 Å². The van der Waals surface area contributed by atoms with Gasteiger partial charge in [-0.25, -0.2) is 0 Å². The first-order valence-electron chi connectivity index (χ1n) is 6.17. The van der Waals surface area contributed by atoms with Crippen LogP contribution in [0.5, 0.6) is 0 Å². The van der Waals surface area contributed by atoms with Gasteiger partial charge in [-0.2, -0.15) is 0 Å². The van der Waals surface area contributed by atoms with E-state index in [-0.39, 0.29) is 0 Å². The second-order valence-electron chi connectivity index (χ2n) is 5.19. The molecule has 2 fully saturated rings. The Balaban J connectivity index is 1.85. The van der Waals surface area contributed by atoms with Gasteiger partial charge in [0.05, 0.1) is 0 Å². The first-order valence-corrected chi connectivity index (χ1v) is 6.17. The molecule has 0 bridgehead atoms. The molecule has 0 aliphatic heterocycles. The third-order valence-corrected chi connectivity index (χ3v) is 4.46. The molecule has 2 N–H and O–H groups in total. The Morgan fingerprint density at radius 1 is 1.07 bits per heavy atom. The summed E-state index contributed by atoms with van der Waals surface area (Å²) in [5, 5.41) is 0. The largest absolute Gasteiger partial charge is 0.327 e. The molecular weight excluding hydrogens is 182 g/mol. The number of fused-ring (bicyclic) bond motifs is 1. The maximum Gasteiger partial charge on any atom is 0.0139 e. The van der Waals surface area contributed by atoms with Crippen molar-refractivity contribution in [3.63, 3.8) is 0 Å². The molecule has 80 valence electrons. The number of hydrogen-bond donors (Lipinski definition) is 1. The van der Waals surface area contributed by atoms with E-state index in [1.807, 2.05) is 0 Å². The Bertz CT molecular complexity index is 332. The maximum atomic E-state index is 6.40. The zero-order chi connectivity index (χ0) is 10.3. The van der Waals surface area contributed by atoms with Crippen molar-refractivity contribution in [1.82, 2.24) is 0 Å². The summed E-state index contributed by atoms with van der Waals surface area (Å²) < 4.78 is 0. The van der Waals surface area contributed by atoms with Gasteiger partial charge >= 0.3 is 0 Å². The summed E-state index contributed by atoms with van der Waals surface area (Å²) in [6.07, 6.45) is 5.53. The minimum absolute atomic E-state index is 0.417. The van der Waals surface area contributed by atoms with Crippen molar-refractivity contribution in [3.8, 4) is 0 Å². The summed E-state index contributed by atoms with van der Waals surface area (Å²) in [5.41, 5.74) is 7.85. The van der Waals surface area contributed by atoms with Crippen molar-refractivity contribution in [2.75, 3.05) is 0 Å². The third kappa shape index (κ3) is 1.50. The molecule has 4 atom stereocenters. The molecule has 4 unspecified atom stereocenters. The molecule has 3 rings (SSSR count). The van der Waals surface area contributed by atoms with Gasteiger partial charge in [-0.3, -0.25) is 0 Å². The summed E-state index contributed by atoms with van der Waals surface area (Å²) in [5.74, 6) is 2.36. The van der Waals surface area contributed by atoms with E-state index in [2.05, 4.69) is 30.3 Å². The number of benzene rings is 1. The van der Waals surface area contributed by atoms with Crippen LogP contribution < -0.4 is 5.73 Å². The van der Waals surface area contributed by atoms with Crippen molar-refractivity contribution in [2.24, 2.45) is 17.6 Å². The SMILES string of the molecule is NC1C(c2ccccc2)CC2CCCC21. The zero-order valence-electron chi connectivity index (χ0n) is 9.10. The normalized spacial score (nSPS) is 39.3. The quantitative estimate of drug-likeness (QED) is 0.742. The molecule has 2 aliphatic carbocycles. The van der Waals surface area contributed by atoms with Gasteiger partial charge < -0.3 is 5.73 Å². The number of hydrogen-bond acceptors (Lipinski definition) is 1. The lowest BCUT2D eigenvalue weighted by atomic mass is 9.91. The molecule has 1 aromatic rings. The van der Waals surface area contributed by atoms with E-state index in [9.17, 15) is 0 Å². The van der Waals surface area contributed by atoms with Gasteiger partial charge in [0.1, 0.15) is 0 Å². The molecule has 2 saturated carbocycles. The second kappa shape index (κ2) is 3.64. The number of nitrogens with two attached hydrogens (primary N) is 1. The first kappa shape index (κ1) is 9.41. The highest BCUT2D eigenvalue weighted by molar-refractivity contribution is 5.24. The average molecular weight is 201 g/mol. The summed E-state index contributed by atoms with van der Waals surface area (Å²) in [6.45, 7) is 0. The van der Waals surface area contributed by atoms with Crippen LogP contribution in [0, 0.1) is 11.8 Å². The molecule has 0 spiro atoms. The molecule has 0 aromatic heterocycles. The summed E-state index contributed by atoms with van der Waals surface area (Å²) in [4.78, 5) is 0. The molecule has 0 heterocycles. The van der Waals surface area contributed by atoms with Crippen molar-refractivity contribution < 1.29 is 0 Å². The smallest absolute Gasteiger partial charge is 0.0139 e. The van der Waals surface area contributed by atoms with E-state index in [1.165, 1.54) is 31.2 Å². The van der Waals surface area contributed by atoms with Gasteiger partial charge in [0, 0.05) is 6.04 Å². The van der Waals surface area contributed by atoms with Gasteiger partial charge in [-0.05, 0) is 36.2 Å². The highest BCUT2D eigenvalue weighted by Crippen LogP contribution is 2.49. The molecule has 1 nitrogen and oxygen atoms in total. The van der Waals surface area contributed by atoms with Gasteiger partial charge in [0.15, 0.2) is 0 Å². The molecule has 0 amide bonds. The van der Waals surface area contributed by atoms with Crippen LogP contribution in [-0.2, 0) is 0 Å². The number of rotatable bonds is 1. The molecule has 0 radical (unpaired) electrons. The first-order chi connectivity index (χ1) is 7.36. The summed E-state index contributed by atoms with van der Waals surface area (Å²) >= 11 is 0. The van der Waals surface area contributed by atoms with Crippen molar-refractivity contribution in [2.45, 2.75) is 37.6 Å². The van der Waals surface area contributed by atoms with E-state index in [4.69, 9.17) is 5.73 Å². The molecular formula is C14H19N. The van der Waals surface area contributed by atoms with Gasteiger partial charge in [0.25, 0.3) is 0 Å². The fraction of sp³-hybridized carbons (Fsp3) is 0.571. The Kier molecular flexibility index (Phi) is 2.28. The highest BCUT2D eigenvalue weighted by Gasteiger charge is 2.43. The zero-order valence-corrected chi connectivity index (χ0v) is 9.10. The Hall–Kier alpha value is -0.820. The van der Waals surface area contributed by atoms with Crippen LogP contribution in [0.2, 0.25) is 0 Å². The van der Waals surface area contributed by atoms with E-state index < -0.39 is 0 Å². The predicted molar refractivity (Wildman–Crippen MR) is 62.6 cm³/mol. The van der Waals surface area contributed by atoms with Crippen LogP contribution in [0.1, 0.15) is 37.2 Å². The standard InChI is InChI=1S/C14H19N/c15-14-12-8-4-7-11(12)9-13(14)10-5-2-1-3-6-10/h1-3,5-6,11-14H,4,7-9,15H2. The monoisotopic (exact) mass is 201 g/mol.